The number of hydrogen-bond acceptors (Lipinski definition) is 3. The average molecular weight is 484 g/mol. The van der Waals surface area contributed by atoms with Crippen LogP contribution in [0.4, 0.5) is 11.5 Å². The minimum atomic E-state index is 0.554. The number of nitrogens with zero attached hydrogens (tertiary/aromatic N) is 2. The molecule has 0 amide bonds. The Balaban J connectivity index is 1.54. The molecule has 1 saturated heterocycles. The summed E-state index contributed by atoms with van der Waals surface area (Å²) in [6, 6.07) is 8.69. The number of anilines is 2. The van der Waals surface area contributed by atoms with Crippen LogP contribution >= 0.6 is 44.1 Å². The van der Waals surface area contributed by atoms with Gasteiger partial charge in [-0.1, -0.05) is 12.1 Å². The molecule has 0 radical (unpaired) electrons. The molecule has 0 atom stereocenters. The Morgan fingerprint density at radius 1 is 1.20 bits per heavy atom. The lowest BCUT2D eigenvalue weighted by atomic mass is 10.2. The maximum atomic E-state index is 5.38. The van der Waals surface area contributed by atoms with Crippen molar-refractivity contribution < 1.29 is 0 Å². The highest BCUT2D eigenvalue weighted by molar-refractivity contribution is 9.11. The van der Waals surface area contributed by atoms with Gasteiger partial charge in [-0.3, -0.25) is 0 Å². The van der Waals surface area contributed by atoms with Crippen LogP contribution in [0.3, 0.4) is 0 Å². The maximum Gasteiger partial charge on any atom is 0.172 e. The Labute approximate surface area is 170 Å². The van der Waals surface area contributed by atoms with Crippen LogP contribution in [-0.2, 0) is 6.54 Å². The summed E-state index contributed by atoms with van der Waals surface area (Å²) in [6.45, 7) is 5.03. The van der Waals surface area contributed by atoms with E-state index in [4.69, 9.17) is 12.2 Å². The van der Waals surface area contributed by atoms with Gasteiger partial charge in [0.05, 0.1) is 4.47 Å². The van der Waals surface area contributed by atoms with Gasteiger partial charge in [-0.25, -0.2) is 4.98 Å². The highest BCUT2D eigenvalue weighted by Gasteiger charge is 2.12. The number of rotatable bonds is 4. The molecule has 7 heteroatoms. The number of nitrogens with one attached hydrogen (secondary N) is 2. The molecule has 0 aliphatic carbocycles. The first-order valence-electron chi connectivity index (χ1n) is 8.24. The Morgan fingerprint density at radius 2 is 1.88 bits per heavy atom. The second-order valence-electron chi connectivity index (χ2n) is 6.06. The van der Waals surface area contributed by atoms with Crippen molar-refractivity contribution >= 4 is 60.7 Å². The van der Waals surface area contributed by atoms with Crippen LogP contribution in [-0.4, -0.2) is 23.2 Å². The summed E-state index contributed by atoms with van der Waals surface area (Å²) in [5.41, 5.74) is 3.59. The number of thiocarbonyl (C=S) groups is 1. The van der Waals surface area contributed by atoms with Crippen molar-refractivity contribution in [1.82, 2.24) is 10.3 Å². The van der Waals surface area contributed by atoms with Gasteiger partial charge in [0, 0.05) is 36.0 Å². The van der Waals surface area contributed by atoms with Crippen LogP contribution in [0.15, 0.2) is 39.4 Å². The molecule has 1 aromatic carbocycles. The molecule has 0 bridgehead atoms. The molecule has 3 rings (SSSR count). The van der Waals surface area contributed by atoms with E-state index in [0.29, 0.717) is 17.5 Å². The third-order valence-corrected chi connectivity index (χ3v) is 6.31. The number of halogens is 2. The zero-order valence-corrected chi connectivity index (χ0v) is 18.0. The largest absolute Gasteiger partial charge is 0.372 e. The minimum Gasteiger partial charge on any atom is -0.372 e. The van der Waals surface area contributed by atoms with Gasteiger partial charge in [0.2, 0.25) is 0 Å². The maximum absolute atomic E-state index is 5.38. The molecule has 132 valence electrons. The molecule has 1 aliphatic rings. The Hall–Kier alpha value is -1.18. The fourth-order valence-corrected chi connectivity index (χ4v) is 3.93. The molecule has 4 nitrogen and oxygen atoms in total. The molecule has 0 unspecified atom stereocenters. The normalized spacial score (nSPS) is 13.8. The van der Waals surface area contributed by atoms with Crippen molar-refractivity contribution in [2.75, 3.05) is 23.3 Å². The van der Waals surface area contributed by atoms with Gasteiger partial charge < -0.3 is 15.5 Å². The third-order valence-electron chi connectivity index (χ3n) is 4.29. The second-order valence-corrected chi connectivity index (χ2v) is 8.12. The molecule has 1 fully saturated rings. The number of pyridine rings is 1. The number of aromatic nitrogens is 1. The third kappa shape index (κ3) is 4.71. The van der Waals surface area contributed by atoms with Crippen LogP contribution in [0.25, 0.3) is 0 Å². The average Bonchev–Trinajstić information content (AvgIpc) is 3.16. The molecular weight excluding hydrogens is 464 g/mol. The highest BCUT2D eigenvalue weighted by Crippen LogP contribution is 2.29. The van der Waals surface area contributed by atoms with Gasteiger partial charge in [0.15, 0.2) is 5.11 Å². The molecule has 2 aromatic rings. The van der Waals surface area contributed by atoms with Crippen molar-refractivity contribution in [3.8, 4) is 0 Å². The second kappa shape index (κ2) is 8.47. The molecule has 1 aliphatic heterocycles. The van der Waals surface area contributed by atoms with E-state index in [0.717, 1.165) is 14.5 Å². The van der Waals surface area contributed by atoms with Gasteiger partial charge in [0.25, 0.3) is 0 Å². The van der Waals surface area contributed by atoms with Gasteiger partial charge >= 0.3 is 0 Å². The predicted molar refractivity (Wildman–Crippen MR) is 115 cm³/mol. The van der Waals surface area contributed by atoms with Crippen LogP contribution in [0.2, 0.25) is 0 Å². The molecule has 2 N–H and O–H groups in total. The van der Waals surface area contributed by atoms with Crippen molar-refractivity contribution in [2.45, 2.75) is 26.3 Å². The summed E-state index contributed by atoms with van der Waals surface area (Å²) in [4.78, 5) is 6.78. The predicted octanol–water partition coefficient (Wildman–Crippen LogP) is 5.00. The zero-order valence-electron chi connectivity index (χ0n) is 14.0. The van der Waals surface area contributed by atoms with E-state index in [2.05, 4.69) is 76.6 Å². The fraction of sp³-hybridized carbons (Fsp3) is 0.333. The Bertz CT molecular complexity index is 758. The molecular formula is C18H20Br2N4S. The molecule has 1 aromatic heterocycles. The topological polar surface area (TPSA) is 40.2 Å². The SMILES string of the molecule is Cc1c(Br)cnc(NC(=S)NCc2ccc(N3CCCC3)cc2)c1Br. The summed E-state index contributed by atoms with van der Waals surface area (Å²) >= 11 is 12.4. The molecule has 25 heavy (non-hydrogen) atoms. The Kier molecular flexibility index (Phi) is 6.30. The lowest BCUT2D eigenvalue weighted by Gasteiger charge is -2.18. The van der Waals surface area contributed by atoms with E-state index in [1.165, 1.54) is 37.2 Å². The molecule has 0 spiro atoms. The number of benzene rings is 1. The first-order valence-corrected chi connectivity index (χ1v) is 10.2. The summed E-state index contributed by atoms with van der Waals surface area (Å²) < 4.78 is 1.86. The standard InChI is InChI=1S/C18H20Br2N4S/c1-12-15(19)11-21-17(16(12)20)23-18(25)22-10-13-4-6-14(7-5-13)24-8-2-3-9-24/h4-7,11H,2-3,8-10H2,1H3,(H2,21,22,23,25). The summed E-state index contributed by atoms with van der Waals surface area (Å²) in [6.07, 6.45) is 4.35. The van der Waals surface area contributed by atoms with E-state index in [-0.39, 0.29) is 0 Å². The summed E-state index contributed by atoms with van der Waals surface area (Å²) in [7, 11) is 0. The summed E-state index contributed by atoms with van der Waals surface area (Å²) in [5, 5.41) is 6.92. The van der Waals surface area contributed by atoms with E-state index in [1.54, 1.807) is 6.20 Å². The Morgan fingerprint density at radius 3 is 2.56 bits per heavy atom. The lowest BCUT2D eigenvalue weighted by molar-refractivity contribution is 0.919. The van der Waals surface area contributed by atoms with E-state index in [9.17, 15) is 0 Å². The van der Waals surface area contributed by atoms with Crippen LogP contribution in [0.5, 0.6) is 0 Å². The molecule has 0 saturated carbocycles. The van der Waals surface area contributed by atoms with Crippen LogP contribution < -0.4 is 15.5 Å². The molecule has 2 heterocycles. The smallest absolute Gasteiger partial charge is 0.172 e. The van der Waals surface area contributed by atoms with E-state index in [1.807, 2.05) is 6.92 Å². The first kappa shape index (κ1) is 18.6. The van der Waals surface area contributed by atoms with E-state index >= 15 is 0 Å². The van der Waals surface area contributed by atoms with Gasteiger partial charge in [-0.15, -0.1) is 0 Å². The van der Waals surface area contributed by atoms with Gasteiger partial charge in [-0.05, 0) is 87.1 Å². The fourth-order valence-electron chi connectivity index (χ4n) is 2.78. The first-order chi connectivity index (χ1) is 12.0. The van der Waals surface area contributed by atoms with Crippen molar-refractivity contribution in [3.05, 3.63) is 50.5 Å². The van der Waals surface area contributed by atoms with Crippen molar-refractivity contribution in [1.29, 1.82) is 0 Å². The van der Waals surface area contributed by atoms with Gasteiger partial charge in [0.1, 0.15) is 5.82 Å². The van der Waals surface area contributed by atoms with Crippen molar-refractivity contribution in [3.63, 3.8) is 0 Å². The zero-order chi connectivity index (χ0) is 17.8. The summed E-state index contributed by atoms with van der Waals surface area (Å²) in [5.74, 6) is 0.711. The van der Waals surface area contributed by atoms with Crippen molar-refractivity contribution in [2.24, 2.45) is 0 Å². The van der Waals surface area contributed by atoms with E-state index < -0.39 is 0 Å². The van der Waals surface area contributed by atoms with Crippen LogP contribution in [0, 0.1) is 6.92 Å². The quantitative estimate of drug-likeness (QED) is 0.598. The lowest BCUT2D eigenvalue weighted by Crippen LogP contribution is -2.28. The van der Waals surface area contributed by atoms with Gasteiger partial charge in [-0.2, -0.15) is 0 Å². The van der Waals surface area contributed by atoms with Crippen LogP contribution in [0.1, 0.15) is 24.0 Å². The highest BCUT2D eigenvalue weighted by atomic mass is 79.9. The number of hydrogen-bond donors (Lipinski definition) is 2. The minimum absolute atomic E-state index is 0.554. The monoisotopic (exact) mass is 482 g/mol.